The summed E-state index contributed by atoms with van der Waals surface area (Å²) in [6, 6.07) is 8.45. The number of hydrogen-bond acceptors (Lipinski definition) is 4. The molecule has 0 saturated carbocycles. The summed E-state index contributed by atoms with van der Waals surface area (Å²) in [4.78, 5) is 6.75. The lowest BCUT2D eigenvalue weighted by Gasteiger charge is -2.43. The van der Waals surface area contributed by atoms with Gasteiger partial charge in [-0.1, -0.05) is 18.2 Å². The van der Waals surface area contributed by atoms with E-state index in [1.807, 2.05) is 19.2 Å². The van der Waals surface area contributed by atoms with Crippen molar-refractivity contribution in [2.24, 2.45) is 4.99 Å². The fraction of sp³-hybridized carbons (Fsp3) is 0.632. The van der Waals surface area contributed by atoms with Crippen LogP contribution in [0.2, 0.25) is 0 Å². The quantitative estimate of drug-likeness (QED) is 0.399. The van der Waals surface area contributed by atoms with E-state index in [1.165, 1.54) is 5.56 Å². The summed E-state index contributed by atoms with van der Waals surface area (Å²) in [6.07, 6.45) is 3.00. The van der Waals surface area contributed by atoms with E-state index in [1.54, 1.807) is 0 Å². The van der Waals surface area contributed by atoms with Gasteiger partial charge < -0.3 is 25.0 Å². The van der Waals surface area contributed by atoms with Gasteiger partial charge >= 0.3 is 0 Å². The number of benzene rings is 1. The van der Waals surface area contributed by atoms with Gasteiger partial charge in [-0.3, -0.25) is 4.99 Å². The summed E-state index contributed by atoms with van der Waals surface area (Å²) in [7, 11) is 6.13. The Morgan fingerprint density at radius 3 is 2.65 bits per heavy atom. The fourth-order valence-corrected chi connectivity index (χ4v) is 3.63. The molecule has 0 bridgehead atoms. The Morgan fingerprint density at radius 2 is 1.96 bits per heavy atom. The molecule has 26 heavy (non-hydrogen) atoms. The molecule has 1 aromatic rings. The third-order valence-corrected chi connectivity index (χ3v) is 5.45. The first-order valence-electron chi connectivity index (χ1n) is 9.09. The molecule has 146 valence electrons. The number of hydrogen-bond donors (Lipinski definition) is 2. The molecule has 2 aliphatic rings. The molecule has 1 atom stereocenters. The van der Waals surface area contributed by atoms with E-state index in [-0.39, 0.29) is 35.6 Å². The van der Waals surface area contributed by atoms with Gasteiger partial charge in [-0.05, 0) is 33.0 Å². The molecule has 7 heteroatoms. The van der Waals surface area contributed by atoms with Crippen LogP contribution in [0.25, 0.3) is 0 Å². The Hall–Kier alpha value is -1.06. The molecular formula is C19H31IN4O2. The largest absolute Gasteiger partial charge is 0.493 e. The van der Waals surface area contributed by atoms with Gasteiger partial charge in [0.05, 0.1) is 12.6 Å². The van der Waals surface area contributed by atoms with Crippen LogP contribution < -0.4 is 15.4 Å². The second-order valence-corrected chi connectivity index (χ2v) is 7.03. The summed E-state index contributed by atoms with van der Waals surface area (Å²) in [6.45, 7) is 3.22. The van der Waals surface area contributed by atoms with Gasteiger partial charge in [0.1, 0.15) is 5.75 Å². The number of ether oxygens (including phenoxy) is 2. The number of halogens is 1. The zero-order valence-electron chi connectivity index (χ0n) is 16.0. The molecule has 0 radical (unpaired) electrons. The standard InChI is InChI=1S/C19H30N4O2.HI/c1-20-18(21-14-19(23(2)3)9-12-24-13-10-19)22-16-8-11-25-17-7-5-4-6-15(16)17;/h4-7,16H,8-14H2,1-3H3,(H2,20,21,22);1H. The maximum atomic E-state index is 5.75. The second kappa shape index (κ2) is 9.75. The molecule has 2 N–H and O–H groups in total. The van der Waals surface area contributed by atoms with Crippen molar-refractivity contribution in [3.05, 3.63) is 29.8 Å². The van der Waals surface area contributed by atoms with E-state index >= 15 is 0 Å². The minimum absolute atomic E-state index is 0. The number of aliphatic imine (C=N–C) groups is 1. The number of fused-ring (bicyclic) bond motifs is 1. The van der Waals surface area contributed by atoms with Gasteiger partial charge in [0.2, 0.25) is 0 Å². The Bertz CT molecular complexity index is 603. The third kappa shape index (κ3) is 4.80. The van der Waals surface area contributed by atoms with Gasteiger partial charge in [-0.15, -0.1) is 24.0 Å². The van der Waals surface area contributed by atoms with Gasteiger partial charge in [0.25, 0.3) is 0 Å². The molecule has 0 aliphatic carbocycles. The number of nitrogens with zero attached hydrogens (tertiary/aromatic N) is 2. The topological polar surface area (TPSA) is 58.1 Å². The van der Waals surface area contributed by atoms with Gasteiger partial charge in [0.15, 0.2) is 5.96 Å². The Morgan fingerprint density at radius 1 is 1.23 bits per heavy atom. The fourth-order valence-electron chi connectivity index (χ4n) is 3.63. The summed E-state index contributed by atoms with van der Waals surface area (Å²) in [5, 5.41) is 7.11. The highest BCUT2D eigenvalue weighted by Crippen LogP contribution is 2.31. The predicted molar refractivity (Wildman–Crippen MR) is 116 cm³/mol. The van der Waals surface area contributed by atoms with Gasteiger partial charge in [-0.2, -0.15) is 0 Å². The van der Waals surface area contributed by atoms with Crippen LogP contribution in [0.3, 0.4) is 0 Å². The average molecular weight is 474 g/mol. The highest BCUT2D eigenvalue weighted by molar-refractivity contribution is 14.0. The van der Waals surface area contributed by atoms with Crippen LogP contribution in [0.5, 0.6) is 5.75 Å². The van der Waals surface area contributed by atoms with E-state index < -0.39 is 0 Å². The number of rotatable bonds is 4. The van der Waals surface area contributed by atoms with Crippen molar-refractivity contribution in [3.63, 3.8) is 0 Å². The predicted octanol–water partition coefficient (Wildman–Crippen LogP) is 2.40. The summed E-state index contributed by atoms with van der Waals surface area (Å²) < 4.78 is 11.3. The van der Waals surface area contributed by atoms with E-state index in [0.29, 0.717) is 0 Å². The number of para-hydroxylation sites is 1. The first-order valence-corrected chi connectivity index (χ1v) is 9.09. The zero-order chi connectivity index (χ0) is 17.7. The van der Waals surface area contributed by atoms with Crippen LogP contribution >= 0.6 is 24.0 Å². The summed E-state index contributed by atoms with van der Waals surface area (Å²) in [5.74, 6) is 1.81. The maximum Gasteiger partial charge on any atom is 0.191 e. The minimum Gasteiger partial charge on any atom is -0.493 e. The second-order valence-electron chi connectivity index (χ2n) is 7.03. The molecule has 0 spiro atoms. The number of guanidine groups is 1. The number of nitrogens with one attached hydrogen (secondary N) is 2. The monoisotopic (exact) mass is 474 g/mol. The van der Waals surface area contributed by atoms with Crippen molar-refractivity contribution in [2.45, 2.75) is 30.8 Å². The van der Waals surface area contributed by atoms with Gasteiger partial charge in [0, 0.05) is 44.3 Å². The maximum absolute atomic E-state index is 5.75. The highest BCUT2D eigenvalue weighted by atomic mass is 127. The van der Waals surface area contributed by atoms with Crippen LogP contribution in [0, 0.1) is 0 Å². The lowest BCUT2D eigenvalue weighted by Crippen LogP contribution is -2.57. The molecule has 1 fully saturated rings. The lowest BCUT2D eigenvalue weighted by molar-refractivity contribution is -0.00503. The van der Waals surface area contributed by atoms with Crippen LogP contribution in [-0.4, -0.2) is 63.9 Å². The molecule has 1 saturated heterocycles. The molecule has 1 unspecified atom stereocenters. The molecule has 0 amide bonds. The molecule has 0 aromatic heterocycles. The van der Waals surface area contributed by atoms with Crippen LogP contribution in [0.15, 0.2) is 29.3 Å². The molecule has 1 aromatic carbocycles. The summed E-state index contributed by atoms with van der Waals surface area (Å²) >= 11 is 0. The number of likely N-dealkylation sites (N-methyl/N-ethyl adjacent to an activating group) is 1. The Balaban J connectivity index is 0.00000243. The zero-order valence-corrected chi connectivity index (χ0v) is 18.3. The highest BCUT2D eigenvalue weighted by Gasteiger charge is 2.35. The molecule has 6 nitrogen and oxygen atoms in total. The minimum atomic E-state index is 0. The third-order valence-electron chi connectivity index (χ3n) is 5.45. The van der Waals surface area contributed by atoms with E-state index in [9.17, 15) is 0 Å². The normalized spacial score (nSPS) is 22.0. The Kier molecular flexibility index (Phi) is 7.97. The SMILES string of the molecule is CN=C(NCC1(N(C)C)CCOCC1)NC1CCOc2ccccc21.I. The van der Waals surface area contributed by atoms with Crippen molar-refractivity contribution >= 4 is 29.9 Å². The van der Waals surface area contributed by atoms with Crippen molar-refractivity contribution in [1.82, 2.24) is 15.5 Å². The Labute approximate surface area is 173 Å². The molecule has 2 heterocycles. The van der Waals surface area contributed by atoms with Gasteiger partial charge in [-0.25, -0.2) is 0 Å². The van der Waals surface area contributed by atoms with Crippen LogP contribution in [0.1, 0.15) is 30.9 Å². The van der Waals surface area contributed by atoms with E-state index in [0.717, 1.165) is 57.3 Å². The smallest absolute Gasteiger partial charge is 0.191 e. The van der Waals surface area contributed by atoms with Crippen molar-refractivity contribution < 1.29 is 9.47 Å². The van der Waals surface area contributed by atoms with Crippen LogP contribution in [0.4, 0.5) is 0 Å². The first kappa shape index (κ1) is 21.2. The van der Waals surface area contributed by atoms with E-state index in [2.05, 4.69) is 46.8 Å². The van der Waals surface area contributed by atoms with Crippen molar-refractivity contribution in [2.75, 3.05) is 47.5 Å². The molecule has 3 rings (SSSR count). The molecular weight excluding hydrogens is 443 g/mol. The van der Waals surface area contributed by atoms with Crippen molar-refractivity contribution in [1.29, 1.82) is 0 Å². The van der Waals surface area contributed by atoms with Crippen molar-refractivity contribution in [3.8, 4) is 5.75 Å². The average Bonchev–Trinajstić information content (AvgIpc) is 2.66. The lowest BCUT2D eigenvalue weighted by atomic mass is 9.88. The molecule has 2 aliphatic heterocycles. The van der Waals surface area contributed by atoms with Crippen LogP contribution in [-0.2, 0) is 4.74 Å². The summed E-state index contributed by atoms with van der Waals surface area (Å²) in [5.41, 5.74) is 1.31. The first-order chi connectivity index (χ1) is 12.1. The van der Waals surface area contributed by atoms with E-state index in [4.69, 9.17) is 9.47 Å².